The summed E-state index contributed by atoms with van der Waals surface area (Å²) in [5, 5.41) is 7.79. The molecule has 0 saturated carbocycles. The van der Waals surface area contributed by atoms with Crippen LogP contribution in [-0.2, 0) is 0 Å². The predicted molar refractivity (Wildman–Crippen MR) is 213 cm³/mol. The third kappa shape index (κ3) is 4.26. The fraction of sp³-hybridized carbons (Fsp3) is 0. The molecule has 5 heteroatoms. The lowest BCUT2D eigenvalue weighted by Crippen LogP contribution is -2.02. The van der Waals surface area contributed by atoms with Crippen molar-refractivity contribution in [1.82, 2.24) is 19.5 Å². The molecule has 11 aromatic rings. The first-order valence-corrected chi connectivity index (χ1v) is 17.5. The van der Waals surface area contributed by atoms with Crippen LogP contribution in [0.5, 0.6) is 0 Å². The largest absolute Gasteiger partial charge is 0.455 e. The molecule has 0 aliphatic heterocycles. The first kappa shape index (κ1) is 28.7. The van der Waals surface area contributed by atoms with Crippen LogP contribution in [0.3, 0.4) is 0 Å². The number of hydrogen-bond donors (Lipinski definition) is 0. The topological polar surface area (TPSA) is 56.7 Å². The van der Waals surface area contributed by atoms with Crippen LogP contribution in [0.1, 0.15) is 0 Å². The van der Waals surface area contributed by atoms with Gasteiger partial charge in [-0.05, 0) is 36.4 Å². The van der Waals surface area contributed by atoms with Crippen molar-refractivity contribution in [2.45, 2.75) is 0 Å². The Hall–Kier alpha value is -7.11. The second-order valence-corrected chi connectivity index (χ2v) is 13.2. The average Bonchev–Trinajstić information content (AvgIpc) is 3.77. The van der Waals surface area contributed by atoms with Crippen molar-refractivity contribution in [1.29, 1.82) is 0 Å². The van der Waals surface area contributed by atoms with Gasteiger partial charge in [0.25, 0.3) is 0 Å². The van der Waals surface area contributed by atoms with Crippen LogP contribution in [0.2, 0.25) is 0 Å². The summed E-state index contributed by atoms with van der Waals surface area (Å²) in [6.07, 6.45) is 0. The Kier molecular flexibility index (Phi) is 6.18. The number of nitrogens with zero attached hydrogens (tertiary/aromatic N) is 4. The third-order valence-electron chi connectivity index (χ3n) is 10.2. The summed E-state index contributed by atoms with van der Waals surface area (Å²) < 4.78 is 9.12. The van der Waals surface area contributed by atoms with Crippen molar-refractivity contribution in [2.75, 3.05) is 0 Å². The first-order valence-electron chi connectivity index (χ1n) is 17.5. The quantitative estimate of drug-likeness (QED) is 0.176. The maximum absolute atomic E-state index is 6.87. The molecular weight excluding hydrogens is 637 g/mol. The van der Waals surface area contributed by atoms with E-state index < -0.39 is 0 Å². The monoisotopic (exact) mass is 664 g/mol. The Morgan fingerprint density at radius 2 is 1.08 bits per heavy atom. The lowest BCUT2D eigenvalue weighted by molar-refractivity contribution is 0.670. The molecule has 0 aliphatic rings. The maximum Gasteiger partial charge on any atom is 0.162 e. The van der Waals surface area contributed by atoms with Crippen LogP contribution >= 0.6 is 0 Å². The second kappa shape index (κ2) is 11.2. The number of para-hydroxylation sites is 4. The van der Waals surface area contributed by atoms with Crippen LogP contribution in [0, 0.1) is 0 Å². The van der Waals surface area contributed by atoms with Crippen LogP contribution in [0.4, 0.5) is 0 Å². The van der Waals surface area contributed by atoms with E-state index in [4.69, 9.17) is 19.4 Å². The van der Waals surface area contributed by atoms with Gasteiger partial charge in [0.05, 0.1) is 27.9 Å². The Labute approximate surface area is 298 Å². The molecule has 4 heterocycles. The molecule has 4 aromatic heterocycles. The molecule has 0 aliphatic carbocycles. The molecule has 52 heavy (non-hydrogen) atoms. The highest BCUT2D eigenvalue weighted by atomic mass is 16.3. The lowest BCUT2D eigenvalue weighted by atomic mass is 9.95. The zero-order valence-corrected chi connectivity index (χ0v) is 27.9. The second-order valence-electron chi connectivity index (χ2n) is 13.2. The van der Waals surface area contributed by atoms with E-state index in [0.717, 1.165) is 88.5 Å². The molecular formula is C47H28N4O. The molecule has 0 radical (unpaired) electrons. The van der Waals surface area contributed by atoms with Gasteiger partial charge in [0.1, 0.15) is 17.0 Å². The maximum atomic E-state index is 6.87. The van der Waals surface area contributed by atoms with Crippen molar-refractivity contribution in [3.8, 4) is 39.7 Å². The minimum absolute atomic E-state index is 0.651. The molecule has 0 N–H and O–H groups in total. The molecule has 0 atom stereocenters. The Morgan fingerprint density at radius 1 is 0.442 bits per heavy atom. The normalized spacial score (nSPS) is 11.8. The zero-order chi connectivity index (χ0) is 34.2. The van der Waals surface area contributed by atoms with Crippen LogP contribution in [0.15, 0.2) is 174 Å². The number of fused-ring (bicyclic) bond motifs is 10. The highest BCUT2D eigenvalue weighted by Crippen LogP contribution is 2.43. The van der Waals surface area contributed by atoms with Gasteiger partial charge in [0.2, 0.25) is 0 Å². The molecule has 0 bridgehead atoms. The van der Waals surface area contributed by atoms with Gasteiger partial charge in [-0.2, -0.15) is 0 Å². The van der Waals surface area contributed by atoms with Gasteiger partial charge in [-0.1, -0.05) is 127 Å². The fourth-order valence-electron chi connectivity index (χ4n) is 7.92. The predicted octanol–water partition coefficient (Wildman–Crippen LogP) is 12.2. The van der Waals surface area contributed by atoms with Gasteiger partial charge in [0, 0.05) is 60.5 Å². The van der Waals surface area contributed by atoms with E-state index in [1.807, 2.05) is 24.3 Å². The van der Waals surface area contributed by atoms with Gasteiger partial charge < -0.3 is 4.42 Å². The van der Waals surface area contributed by atoms with Crippen LogP contribution < -0.4 is 0 Å². The molecule has 11 rings (SSSR count). The van der Waals surface area contributed by atoms with Crippen LogP contribution in [0.25, 0.3) is 105 Å². The van der Waals surface area contributed by atoms with Gasteiger partial charge in [0.15, 0.2) is 5.82 Å². The van der Waals surface area contributed by atoms with E-state index >= 15 is 0 Å². The lowest BCUT2D eigenvalue weighted by Gasteiger charge is -2.12. The number of aromatic nitrogens is 4. The van der Waals surface area contributed by atoms with E-state index in [1.54, 1.807) is 0 Å². The summed E-state index contributed by atoms with van der Waals surface area (Å²) in [5.74, 6) is 1.45. The van der Waals surface area contributed by atoms with E-state index in [0.29, 0.717) is 5.82 Å². The summed E-state index contributed by atoms with van der Waals surface area (Å²) in [4.78, 5) is 15.6. The minimum Gasteiger partial charge on any atom is -0.455 e. The van der Waals surface area contributed by atoms with Crippen molar-refractivity contribution in [3.63, 3.8) is 0 Å². The van der Waals surface area contributed by atoms with Gasteiger partial charge >= 0.3 is 0 Å². The number of rotatable bonds is 4. The molecule has 0 saturated heterocycles. The number of benzene rings is 7. The summed E-state index contributed by atoms with van der Waals surface area (Å²) in [5.41, 5.74) is 9.43. The number of furan rings is 1. The molecule has 0 unspecified atom stereocenters. The van der Waals surface area contributed by atoms with Crippen molar-refractivity contribution < 1.29 is 4.42 Å². The highest BCUT2D eigenvalue weighted by Gasteiger charge is 2.21. The van der Waals surface area contributed by atoms with E-state index in [2.05, 4.69) is 150 Å². The molecule has 0 spiro atoms. The molecule has 242 valence electrons. The number of hydrogen-bond acceptors (Lipinski definition) is 4. The van der Waals surface area contributed by atoms with Crippen LogP contribution in [-0.4, -0.2) is 19.5 Å². The van der Waals surface area contributed by atoms with Gasteiger partial charge in [-0.25, -0.2) is 15.0 Å². The molecule has 7 aromatic carbocycles. The zero-order valence-electron chi connectivity index (χ0n) is 27.9. The van der Waals surface area contributed by atoms with Crippen molar-refractivity contribution >= 4 is 65.4 Å². The molecule has 0 amide bonds. The van der Waals surface area contributed by atoms with Crippen molar-refractivity contribution in [2.24, 2.45) is 0 Å². The SMILES string of the molecule is c1ccc(-c2nc(-c3cccc4c3oc3ccc5c(-c6ccccc6)nc6ccccc6c5c34)cc(-n3c4ccccc4c4ccccc43)n2)cc1. The smallest absolute Gasteiger partial charge is 0.162 e. The summed E-state index contributed by atoms with van der Waals surface area (Å²) >= 11 is 0. The fourth-order valence-corrected chi connectivity index (χ4v) is 7.92. The standard InChI is InChI=1S/C47H28N4O/c1-3-14-29(15-4-1)45-35-26-27-41-44(43(35)33-20-7-10-23-37(33)48-45)36-22-13-21-34(46(36)52-41)38-28-42(50-47(49-38)30-16-5-2-6-17-30)51-39-24-11-8-18-31(39)32-19-9-12-25-40(32)51/h1-28H. The Bertz CT molecular complexity index is 3130. The van der Waals surface area contributed by atoms with Gasteiger partial charge in [-0.15, -0.1) is 0 Å². The molecule has 0 fully saturated rings. The molecule has 5 nitrogen and oxygen atoms in total. The summed E-state index contributed by atoms with van der Waals surface area (Å²) in [6.45, 7) is 0. The van der Waals surface area contributed by atoms with Crippen molar-refractivity contribution in [3.05, 3.63) is 170 Å². The Morgan fingerprint density at radius 3 is 1.83 bits per heavy atom. The first-order chi connectivity index (χ1) is 25.8. The highest BCUT2D eigenvalue weighted by molar-refractivity contribution is 6.29. The summed E-state index contributed by atoms with van der Waals surface area (Å²) in [7, 11) is 0. The summed E-state index contributed by atoms with van der Waals surface area (Å²) in [6, 6.07) is 58.7. The van der Waals surface area contributed by atoms with Gasteiger partial charge in [-0.3, -0.25) is 4.57 Å². The van der Waals surface area contributed by atoms with E-state index in [1.165, 1.54) is 10.8 Å². The third-order valence-corrected chi connectivity index (χ3v) is 10.2. The van der Waals surface area contributed by atoms with E-state index in [9.17, 15) is 0 Å². The Balaban J connectivity index is 1.22. The average molecular weight is 665 g/mol. The minimum atomic E-state index is 0.651. The number of pyridine rings is 1. The van der Waals surface area contributed by atoms with E-state index in [-0.39, 0.29) is 0 Å².